The lowest BCUT2D eigenvalue weighted by Gasteiger charge is -2.10. The fourth-order valence-electron chi connectivity index (χ4n) is 3.50. The molecule has 0 aliphatic rings. The van der Waals surface area contributed by atoms with Crippen molar-refractivity contribution in [1.82, 2.24) is 9.38 Å². The van der Waals surface area contributed by atoms with E-state index in [1.165, 1.54) is 0 Å². The summed E-state index contributed by atoms with van der Waals surface area (Å²) in [5.74, 6) is 0.225. The van der Waals surface area contributed by atoms with E-state index in [9.17, 15) is 9.90 Å². The van der Waals surface area contributed by atoms with Gasteiger partial charge in [-0.25, -0.2) is 4.98 Å². The highest BCUT2D eigenvalue weighted by Crippen LogP contribution is 2.36. The van der Waals surface area contributed by atoms with Crippen LogP contribution < -0.4 is 5.56 Å². The summed E-state index contributed by atoms with van der Waals surface area (Å²) in [4.78, 5) is 17.7. The van der Waals surface area contributed by atoms with Crippen LogP contribution in [0.3, 0.4) is 0 Å². The molecule has 110 valence electrons. The number of nitrogens with zero attached hydrogens (tertiary/aromatic N) is 2. The van der Waals surface area contributed by atoms with Crippen LogP contribution in [-0.2, 0) is 0 Å². The average Bonchev–Trinajstić information content (AvgIpc) is 2.96. The van der Waals surface area contributed by atoms with Crippen molar-refractivity contribution in [3.63, 3.8) is 0 Å². The molecule has 0 spiro atoms. The Labute approximate surface area is 130 Å². The lowest BCUT2D eigenvalue weighted by atomic mass is 9.99. The molecule has 0 saturated carbocycles. The van der Waals surface area contributed by atoms with Crippen molar-refractivity contribution in [3.05, 3.63) is 64.4 Å². The number of imidazole rings is 1. The molecule has 2 heterocycles. The van der Waals surface area contributed by atoms with Crippen molar-refractivity contribution >= 4 is 38.2 Å². The SMILES string of the molecule is Cc1cc2c3c(cccc3c(=O)n3c4ccccc4nc23)c1O. The first kappa shape index (κ1) is 12.4. The monoisotopic (exact) mass is 300 g/mol. The van der Waals surface area contributed by atoms with Crippen LogP contribution >= 0.6 is 0 Å². The summed E-state index contributed by atoms with van der Waals surface area (Å²) < 4.78 is 1.67. The molecule has 0 bridgehead atoms. The first-order chi connectivity index (χ1) is 11.2. The Kier molecular flexibility index (Phi) is 2.15. The molecule has 0 aliphatic carbocycles. The largest absolute Gasteiger partial charge is 0.507 e. The first-order valence-corrected chi connectivity index (χ1v) is 7.44. The minimum Gasteiger partial charge on any atom is -0.507 e. The number of aromatic nitrogens is 2. The highest BCUT2D eigenvalue weighted by Gasteiger charge is 2.18. The van der Waals surface area contributed by atoms with Crippen molar-refractivity contribution in [1.29, 1.82) is 0 Å². The van der Waals surface area contributed by atoms with Crippen LogP contribution in [0, 0.1) is 6.92 Å². The van der Waals surface area contributed by atoms with Gasteiger partial charge in [0.15, 0.2) is 0 Å². The molecule has 2 aromatic heterocycles. The van der Waals surface area contributed by atoms with Gasteiger partial charge in [-0.2, -0.15) is 0 Å². The zero-order valence-electron chi connectivity index (χ0n) is 12.4. The quantitative estimate of drug-likeness (QED) is 0.475. The number of hydrogen-bond donors (Lipinski definition) is 1. The fraction of sp³-hybridized carbons (Fsp3) is 0.0526. The Hall–Kier alpha value is -3.14. The molecule has 5 rings (SSSR count). The number of aromatic hydroxyl groups is 1. The predicted octanol–water partition coefficient (Wildman–Crippen LogP) is 3.61. The lowest BCUT2D eigenvalue weighted by Crippen LogP contribution is -2.13. The third-order valence-electron chi connectivity index (χ3n) is 4.56. The summed E-state index contributed by atoms with van der Waals surface area (Å²) in [5.41, 5.74) is 2.92. The van der Waals surface area contributed by atoms with Gasteiger partial charge in [-0.1, -0.05) is 24.3 Å². The average molecular weight is 300 g/mol. The third kappa shape index (κ3) is 1.40. The van der Waals surface area contributed by atoms with Crippen LogP contribution in [0.5, 0.6) is 5.75 Å². The maximum atomic E-state index is 13.0. The maximum absolute atomic E-state index is 13.0. The fourth-order valence-corrected chi connectivity index (χ4v) is 3.50. The molecule has 4 heteroatoms. The van der Waals surface area contributed by atoms with Crippen LogP contribution in [0.15, 0.2) is 53.3 Å². The standard InChI is InChI=1S/C19H12N2O2/c1-10-9-13-16-11(17(10)22)5-4-6-12(16)19(23)21-15-8-3-2-7-14(15)20-18(13)21/h2-9,22H,1H3. The topological polar surface area (TPSA) is 54.6 Å². The normalized spacial score (nSPS) is 12.0. The second kappa shape index (κ2) is 3.98. The number of pyridine rings is 1. The molecule has 0 aliphatic heterocycles. The summed E-state index contributed by atoms with van der Waals surface area (Å²) in [7, 11) is 0. The Morgan fingerprint density at radius 2 is 1.78 bits per heavy atom. The summed E-state index contributed by atoms with van der Waals surface area (Å²) in [6.45, 7) is 1.86. The Bertz CT molecular complexity index is 1300. The van der Waals surface area contributed by atoms with Crippen molar-refractivity contribution < 1.29 is 5.11 Å². The van der Waals surface area contributed by atoms with Gasteiger partial charge in [-0.05, 0) is 36.8 Å². The number of fused-ring (bicyclic) bond motifs is 4. The zero-order chi connectivity index (χ0) is 15.7. The second-order valence-electron chi connectivity index (χ2n) is 5.88. The molecule has 0 unspecified atom stereocenters. The van der Waals surface area contributed by atoms with Crippen molar-refractivity contribution in [2.24, 2.45) is 0 Å². The highest BCUT2D eigenvalue weighted by atomic mass is 16.3. The van der Waals surface area contributed by atoms with Crippen LogP contribution in [-0.4, -0.2) is 14.5 Å². The Balaban J connectivity index is 2.25. The van der Waals surface area contributed by atoms with E-state index in [0.717, 1.165) is 27.4 Å². The summed E-state index contributed by atoms with van der Waals surface area (Å²) in [6.07, 6.45) is 0. The Morgan fingerprint density at radius 1 is 1.00 bits per heavy atom. The molecule has 1 N–H and O–H groups in total. The van der Waals surface area contributed by atoms with Crippen molar-refractivity contribution in [3.8, 4) is 5.75 Å². The molecule has 0 saturated heterocycles. The van der Waals surface area contributed by atoms with E-state index >= 15 is 0 Å². The first-order valence-electron chi connectivity index (χ1n) is 7.44. The number of phenolic OH excluding ortho intramolecular Hbond substituents is 1. The van der Waals surface area contributed by atoms with Gasteiger partial charge in [0.2, 0.25) is 0 Å². The van der Waals surface area contributed by atoms with E-state index in [-0.39, 0.29) is 11.3 Å². The third-order valence-corrected chi connectivity index (χ3v) is 4.56. The maximum Gasteiger partial charge on any atom is 0.264 e. The minimum absolute atomic E-state index is 0.102. The summed E-state index contributed by atoms with van der Waals surface area (Å²) >= 11 is 0. The van der Waals surface area contributed by atoms with Gasteiger partial charge in [0.1, 0.15) is 11.4 Å². The molecule has 4 nitrogen and oxygen atoms in total. The van der Waals surface area contributed by atoms with Crippen LogP contribution in [0.4, 0.5) is 0 Å². The van der Waals surface area contributed by atoms with Gasteiger partial charge in [0.25, 0.3) is 5.56 Å². The molecule has 5 aromatic rings. The predicted molar refractivity (Wildman–Crippen MR) is 91.6 cm³/mol. The number of hydrogen-bond acceptors (Lipinski definition) is 3. The molecule has 3 aromatic carbocycles. The van der Waals surface area contributed by atoms with Crippen LogP contribution in [0.2, 0.25) is 0 Å². The molecule has 0 amide bonds. The van der Waals surface area contributed by atoms with E-state index in [0.29, 0.717) is 16.4 Å². The second-order valence-corrected chi connectivity index (χ2v) is 5.88. The van der Waals surface area contributed by atoms with E-state index in [4.69, 9.17) is 0 Å². The summed E-state index contributed by atoms with van der Waals surface area (Å²) in [5, 5.41) is 13.3. The van der Waals surface area contributed by atoms with Gasteiger partial charge >= 0.3 is 0 Å². The van der Waals surface area contributed by atoms with Crippen LogP contribution in [0.25, 0.3) is 38.2 Å². The van der Waals surface area contributed by atoms with Crippen molar-refractivity contribution in [2.75, 3.05) is 0 Å². The lowest BCUT2D eigenvalue weighted by molar-refractivity contribution is 0.478. The van der Waals surface area contributed by atoms with Gasteiger partial charge in [-0.3, -0.25) is 9.20 Å². The number of aryl methyl sites for hydroxylation is 1. The molecule has 0 fully saturated rings. The number of phenols is 1. The molecular weight excluding hydrogens is 288 g/mol. The number of para-hydroxylation sites is 2. The Morgan fingerprint density at radius 3 is 2.65 bits per heavy atom. The number of benzene rings is 3. The highest BCUT2D eigenvalue weighted by molar-refractivity contribution is 6.17. The van der Waals surface area contributed by atoms with Crippen LogP contribution in [0.1, 0.15) is 5.56 Å². The van der Waals surface area contributed by atoms with Gasteiger partial charge in [-0.15, -0.1) is 0 Å². The smallest absolute Gasteiger partial charge is 0.264 e. The minimum atomic E-state index is -0.102. The van der Waals surface area contributed by atoms with E-state index < -0.39 is 0 Å². The van der Waals surface area contributed by atoms with E-state index in [1.54, 1.807) is 10.5 Å². The van der Waals surface area contributed by atoms with Gasteiger partial charge < -0.3 is 5.11 Å². The van der Waals surface area contributed by atoms with Gasteiger partial charge in [0, 0.05) is 21.5 Å². The van der Waals surface area contributed by atoms with E-state index in [2.05, 4.69) is 4.98 Å². The zero-order valence-corrected chi connectivity index (χ0v) is 12.4. The molecule has 0 radical (unpaired) electrons. The number of rotatable bonds is 0. The van der Waals surface area contributed by atoms with Crippen molar-refractivity contribution in [2.45, 2.75) is 6.92 Å². The summed E-state index contributed by atoms with van der Waals surface area (Å²) in [6, 6.07) is 15.0. The van der Waals surface area contributed by atoms with E-state index in [1.807, 2.05) is 49.4 Å². The molecular formula is C19H12N2O2. The molecule has 23 heavy (non-hydrogen) atoms. The molecule has 0 atom stereocenters. The van der Waals surface area contributed by atoms with Gasteiger partial charge in [0.05, 0.1) is 11.0 Å².